The first-order valence-electron chi connectivity index (χ1n) is 29.9. The number of halogens is 4. The van der Waals surface area contributed by atoms with Crippen LogP contribution in [-0.2, 0) is 26.6 Å². The van der Waals surface area contributed by atoms with Gasteiger partial charge in [-0.3, -0.25) is 52.1 Å². The molecule has 9 heterocycles. The van der Waals surface area contributed by atoms with Crippen LogP contribution in [0.2, 0.25) is 15.1 Å². The number of nitrogens with zero attached hydrogens (tertiary/aromatic N) is 9. The van der Waals surface area contributed by atoms with Gasteiger partial charge in [-0.2, -0.15) is 0 Å². The molecule has 8 fully saturated rings. The Kier molecular flexibility index (Phi) is 17.6. The van der Waals surface area contributed by atoms with Crippen LogP contribution in [0.15, 0.2) is 74.2 Å². The molecule has 11 aliphatic rings. The molecule has 27 nitrogen and oxygen atoms in total. The van der Waals surface area contributed by atoms with Crippen molar-refractivity contribution in [3.05, 3.63) is 123 Å². The standard InChI is InChI=1S/C21H21ClN6O3.C17H17ClN6O2.C13H12BrClN2O2.C8H10N4O.K.H2O/c22-13-7-14(25-15-8-16(24-9-23-15)26-18(29)10-1-2-10)20(31)28-17(13)19(30)27-21(28)11-3-4-12(21)6-5-11;18-10-5-11(22-13-6-12(19)20-7-21-13)16(26)24-14(10)15(25)23-17(24)8-1-2-9(17)4-3-8;14-8-5-9(15)10-11(18)16-13(17(10)12(8)19)6-1-2-7(13)4-3-6;9-6-3-7(11-4-10-6)12-8(13)5-1-2-5;;/h7-12H,1-6H2,(H,27,30)(H2,23,24,25,26,29);5-9H,1-4H2,(H,23,25)(H3,19,20,21,22);5-7H,1-4H2,(H,16,18);3-5H,1-2H2,(H3,9,10,11,12,13);;1H2/q;;;;+1;/p-1. The van der Waals surface area contributed by atoms with Gasteiger partial charge in [-0.25, -0.2) is 29.9 Å². The number of nitrogens with one attached hydrogen (secondary N) is 7. The molecule has 3 spiro atoms. The van der Waals surface area contributed by atoms with Crippen molar-refractivity contribution in [2.45, 2.75) is 120 Å². The second kappa shape index (κ2) is 24.8. The minimum atomic E-state index is -0.681. The van der Waals surface area contributed by atoms with Crippen LogP contribution in [0.5, 0.6) is 0 Å². The molecule has 0 aromatic carbocycles. The first kappa shape index (κ1) is 64.7. The maximum absolute atomic E-state index is 13.5. The van der Waals surface area contributed by atoms with Crippen molar-refractivity contribution in [3.63, 3.8) is 0 Å². The molecule has 8 saturated carbocycles. The Bertz CT molecular complexity index is 4160. The van der Waals surface area contributed by atoms with Gasteiger partial charge in [-0.1, -0.05) is 34.8 Å². The Morgan fingerprint density at radius 3 is 1.10 bits per heavy atom. The van der Waals surface area contributed by atoms with Crippen LogP contribution in [0.3, 0.4) is 0 Å². The molecule has 0 saturated heterocycles. The van der Waals surface area contributed by atoms with Crippen molar-refractivity contribution in [3.8, 4) is 0 Å². The zero-order valence-corrected chi connectivity index (χ0v) is 56.0. The molecule has 6 aromatic rings. The average Bonchev–Trinajstić information content (AvgIpc) is 1.55. The normalized spacial score (nSPS) is 27.1. The third-order valence-corrected chi connectivity index (χ3v) is 21.4. The molecule has 470 valence electrons. The maximum atomic E-state index is 13.5. The number of hydrogen-bond donors (Lipinski definition) is 9. The van der Waals surface area contributed by atoms with Crippen LogP contribution in [0, 0.1) is 47.3 Å². The molecule has 12 N–H and O–H groups in total. The Morgan fingerprint density at radius 1 is 0.451 bits per heavy atom. The van der Waals surface area contributed by atoms with Gasteiger partial charge < -0.3 is 54.2 Å². The molecule has 6 aromatic heterocycles. The second-order valence-corrected chi connectivity index (χ2v) is 26.9. The van der Waals surface area contributed by atoms with E-state index in [9.17, 15) is 38.4 Å². The third-order valence-electron chi connectivity index (χ3n) is 20.0. The molecular formula is C59H61BrCl3KN18O9. The topological polar surface area (TPSA) is 395 Å². The summed E-state index contributed by atoms with van der Waals surface area (Å²) in [6.45, 7) is 0. The van der Waals surface area contributed by atoms with E-state index in [0.29, 0.717) is 56.1 Å². The summed E-state index contributed by atoms with van der Waals surface area (Å²) in [7, 11) is 0. The molecule has 0 atom stereocenters. The molecule has 3 aliphatic heterocycles. The number of fused-ring (bicyclic) bond motifs is 3. The minimum Gasteiger partial charge on any atom is -0.870 e. The van der Waals surface area contributed by atoms with E-state index in [1.807, 2.05) is 0 Å². The Balaban J connectivity index is 0.000000121. The van der Waals surface area contributed by atoms with E-state index in [4.69, 9.17) is 46.3 Å². The van der Waals surface area contributed by atoms with Crippen LogP contribution < -0.4 is 117 Å². The number of hydrogen-bond acceptors (Lipinski definition) is 19. The second-order valence-electron chi connectivity index (χ2n) is 24.8. The largest absolute Gasteiger partial charge is 1.00 e. The molecule has 6 bridgehead atoms. The maximum Gasteiger partial charge on any atom is 1.00 e. The fourth-order valence-electron chi connectivity index (χ4n) is 15.9. The van der Waals surface area contributed by atoms with Gasteiger partial charge >= 0.3 is 51.4 Å². The number of nitrogen functional groups attached to an aromatic ring is 2. The monoisotopic (exact) mass is 1390 g/mol. The number of carbonyl (C=O) groups excluding carboxylic acids is 5. The van der Waals surface area contributed by atoms with E-state index >= 15 is 0 Å². The zero-order chi connectivity index (χ0) is 62.0. The van der Waals surface area contributed by atoms with Crippen LogP contribution in [0.4, 0.5) is 46.3 Å². The summed E-state index contributed by atoms with van der Waals surface area (Å²) in [5.74, 6) is 3.34. The van der Waals surface area contributed by atoms with E-state index in [1.54, 1.807) is 25.8 Å². The quantitative estimate of drug-likeness (QED) is 0.0966. The number of anilines is 8. The van der Waals surface area contributed by atoms with E-state index < -0.39 is 17.0 Å². The molecule has 0 radical (unpaired) electrons. The van der Waals surface area contributed by atoms with Crippen molar-refractivity contribution in [2.75, 3.05) is 32.7 Å². The Morgan fingerprint density at radius 2 is 0.747 bits per heavy atom. The van der Waals surface area contributed by atoms with E-state index in [-0.39, 0.29) is 177 Å². The first-order valence-corrected chi connectivity index (χ1v) is 31.9. The predicted molar refractivity (Wildman–Crippen MR) is 334 cm³/mol. The zero-order valence-electron chi connectivity index (χ0n) is 49.0. The summed E-state index contributed by atoms with van der Waals surface area (Å²) in [5, 5.41) is 21.5. The third kappa shape index (κ3) is 11.0. The van der Waals surface area contributed by atoms with Gasteiger partial charge in [0, 0.05) is 65.5 Å². The Hall–Kier alpha value is -6.41. The van der Waals surface area contributed by atoms with E-state index in [2.05, 4.69) is 83.1 Å². The summed E-state index contributed by atoms with van der Waals surface area (Å²) in [6, 6.07) is 9.11. The number of aromatic nitrogens is 9. The van der Waals surface area contributed by atoms with Crippen molar-refractivity contribution < 1.29 is 80.8 Å². The summed E-state index contributed by atoms with van der Waals surface area (Å²) < 4.78 is 5.24. The van der Waals surface area contributed by atoms with Crippen molar-refractivity contribution in [1.29, 1.82) is 0 Å². The van der Waals surface area contributed by atoms with Gasteiger partial charge in [0.15, 0.2) is 0 Å². The van der Waals surface area contributed by atoms with Crippen molar-refractivity contribution >= 4 is 127 Å². The smallest absolute Gasteiger partial charge is 0.870 e. The van der Waals surface area contributed by atoms with Gasteiger partial charge in [0.05, 0.1) is 19.5 Å². The molecule has 0 unspecified atom stereocenters. The summed E-state index contributed by atoms with van der Waals surface area (Å²) in [6.07, 6.45) is 20.0. The Labute approximate surface area is 584 Å². The predicted octanol–water partition coefficient (Wildman–Crippen LogP) is 4.15. The van der Waals surface area contributed by atoms with Gasteiger partial charge in [-0.15, -0.1) is 0 Å². The van der Waals surface area contributed by atoms with Crippen molar-refractivity contribution in [1.82, 2.24) is 59.6 Å². The van der Waals surface area contributed by atoms with Gasteiger partial charge in [0.1, 0.15) is 99.3 Å². The summed E-state index contributed by atoms with van der Waals surface area (Å²) >= 11 is 22.3. The van der Waals surface area contributed by atoms with Crippen molar-refractivity contribution in [2.24, 2.45) is 47.3 Å². The number of pyridine rings is 3. The van der Waals surface area contributed by atoms with E-state index in [1.165, 1.54) is 43.2 Å². The minimum absolute atomic E-state index is 0. The number of carbonyl (C=O) groups is 5. The number of nitrogens with two attached hydrogens (primary N) is 2. The van der Waals surface area contributed by atoms with Gasteiger partial charge in [0.25, 0.3) is 34.4 Å². The summed E-state index contributed by atoms with van der Waals surface area (Å²) in [4.78, 5) is 124. The average molecular weight is 1390 g/mol. The van der Waals surface area contributed by atoms with Crippen LogP contribution in [0.1, 0.15) is 134 Å². The molecule has 32 heteroatoms. The van der Waals surface area contributed by atoms with Crippen LogP contribution in [-0.4, -0.2) is 78.6 Å². The molecule has 91 heavy (non-hydrogen) atoms. The molecule has 17 rings (SSSR count). The molecular weight excluding hydrogens is 1330 g/mol. The van der Waals surface area contributed by atoms with Crippen LogP contribution in [0.25, 0.3) is 0 Å². The van der Waals surface area contributed by atoms with Gasteiger partial charge in [0.2, 0.25) is 11.8 Å². The first-order chi connectivity index (χ1) is 42.8. The fraction of sp³-hybridized carbons (Fsp3) is 0.458. The van der Waals surface area contributed by atoms with Crippen LogP contribution >= 0.6 is 50.7 Å². The number of amides is 5. The van der Waals surface area contributed by atoms with E-state index in [0.717, 1.165) is 103 Å². The molecule has 5 amide bonds. The van der Waals surface area contributed by atoms with Gasteiger partial charge in [-0.05, 0) is 137 Å². The SMILES string of the molecule is Nc1cc(NC(=O)C2CC2)ncn1.Nc1cc(Nc2cc(Cl)c3n(c2=O)C2(NC3=O)C3CCC2CC3)ncn1.O=C1NC2(C3CCC2CC3)n2c1c(Cl)cc(Br)c2=O.O=C1NC2(C3CCC2CC3)n2c1c(Cl)cc(Nc1cc(NC(=O)C3CC3)ncn1)c2=O.[K+].[OH-]. The fourth-order valence-corrected chi connectivity index (χ4v) is 17.3. The number of rotatable bonds is 8. The molecule has 8 aliphatic carbocycles. The summed E-state index contributed by atoms with van der Waals surface area (Å²) in [5.41, 5.74) is 9.82.